The minimum Gasteiger partial charge on any atom is -0.388 e. The molecule has 1 N–H and O–H groups in total. The molecule has 0 aliphatic heterocycles. The van der Waals surface area contributed by atoms with Crippen molar-refractivity contribution < 1.29 is 9.84 Å². The summed E-state index contributed by atoms with van der Waals surface area (Å²) in [6, 6.07) is 0. The average Bonchev–Trinajstić information content (AvgIpc) is 2.14. The topological polar surface area (TPSA) is 29.5 Å². The first kappa shape index (κ1) is 13.0. The van der Waals surface area contributed by atoms with Gasteiger partial charge in [-0.1, -0.05) is 13.8 Å². The Kier molecular flexibility index (Phi) is 4.60. The molecule has 90 valence electrons. The van der Waals surface area contributed by atoms with Crippen LogP contribution in [-0.2, 0) is 4.74 Å². The van der Waals surface area contributed by atoms with E-state index in [1.165, 1.54) is 25.7 Å². The molecule has 1 aliphatic carbocycles. The van der Waals surface area contributed by atoms with Crippen LogP contribution in [0.3, 0.4) is 0 Å². The van der Waals surface area contributed by atoms with Crippen molar-refractivity contribution in [1.82, 2.24) is 0 Å². The molecule has 1 aliphatic rings. The molecule has 0 unspecified atom stereocenters. The van der Waals surface area contributed by atoms with Crippen LogP contribution in [0, 0.1) is 11.8 Å². The second kappa shape index (κ2) is 5.31. The number of rotatable bonds is 4. The summed E-state index contributed by atoms with van der Waals surface area (Å²) in [5, 5.41) is 9.56. The first-order chi connectivity index (χ1) is 6.88. The van der Waals surface area contributed by atoms with Gasteiger partial charge in [-0.2, -0.15) is 0 Å². The molecule has 0 radical (unpaired) electrons. The first-order valence-electron chi connectivity index (χ1n) is 6.22. The highest BCUT2D eigenvalue weighted by Gasteiger charge is 2.25. The Hall–Kier alpha value is -0.0800. The van der Waals surface area contributed by atoms with Crippen LogP contribution < -0.4 is 0 Å². The van der Waals surface area contributed by atoms with E-state index in [1.807, 2.05) is 0 Å². The van der Waals surface area contributed by atoms with E-state index in [0.717, 1.165) is 11.8 Å². The van der Waals surface area contributed by atoms with Gasteiger partial charge in [-0.3, -0.25) is 0 Å². The SMILES string of the molecule is CC(C)[C@H]1CC[C@H](OCC(C)(C)O)CC1. The molecule has 0 aromatic rings. The second-order valence-corrected chi connectivity index (χ2v) is 5.90. The van der Waals surface area contributed by atoms with Crippen LogP contribution in [0.1, 0.15) is 53.4 Å². The summed E-state index contributed by atoms with van der Waals surface area (Å²) in [5.41, 5.74) is -0.686. The molecule has 15 heavy (non-hydrogen) atoms. The lowest BCUT2D eigenvalue weighted by atomic mass is 9.80. The Morgan fingerprint density at radius 1 is 1.20 bits per heavy atom. The number of hydrogen-bond acceptors (Lipinski definition) is 2. The van der Waals surface area contributed by atoms with Crippen molar-refractivity contribution in [3.8, 4) is 0 Å². The summed E-state index contributed by atoms with van der Waals surface area (Å²) in [6.45, 7) is 8.68. The first-order valence-corrected chi connectivity index (χ1v) is 6.22. The van der Waals surface area contributed by atoms with E-state index in [0.29, 0.717) is 12.7 Å². The van der Waals surface area contributed by atoms with Crippen molar-refractivity contribution in [2.45, 2.75) is 65.1 Å². The maximum absolute atomic E-state index is 9.56. The van der Waals surface area contributed by atoms with E-state index in [4.69, 9.17) is 4.74 Å². The van der Waals surface area contributed by atoms with Crippen LogP contribution in [0.5, 0.6) is 0 Å². The van der Waals surface area contributed by atoms with Gasteiger partial charge in [0, 0.05) is 0 Å². The van der Waals surface area contributed by atoms with Crippen molar-refractivity contribution in [3.05, 3.63) is 0 Å². The fourth-order valence-corrected chi connectivity index (χ4v) is 2.24. The minimum atomic E-state index is -0.686. The highest BCUT2D eigenvalue weighted by atomic mass is 16.5. The second-order valence-electron chi connectivity index (χ2n) is 5.90. The molecule has 0 saturated heterocycles. The van der Waals surface area contributed by atoms with Crippen LogP contribution in [0.2, 0.25) is 0 Å². The molecule has 1 rings (SSSR count). The van der Waals surface area contributed by atoms with Crippen LogP contribution in [0.15, 0.2) is 0 Å². The monoisotopic (exact) mass is 214 g/mol. The van der Waals surface area contributed by atoms with Crippen molar-refractivity contribution in [3.63, 3.8) is 0 Å². The predicted octanol–water partition coefficient (Wildman–Crippen LogP) is 2.99. The summed E-state index contributed by atoms with van der Waals surface area (Å²) in [7, 11) is 0. The van der Waals surface area contributed by atoms with Gasteiger partial charge >= 0.3 is 0 Å². The maximum atomic E-state index is 9.56. The molecule has 0 bridgehead atoms. The van der Waals surface area contributed by atoms with Crippen LogP contribution in [0.25, 0.3) is 0 Å². The minimum absolute atomic E-state index is 0.381. The van der Waals surface area contributed by atoms with Crippen molar-refractivity contribution in [2.24, 2.45) is 11.8 Å². The molecule has 1 fully saturated rings. The lowest BCUT2D eigenvalue weighted by Gasteiger charge is -2.32. The van der Waals surface area contributed by atoms with Crippen molar-refractivity contribution >= 4 is 0 Å². The average molecular weight is 214 g/mol. The van der Waals surface area contributed by atoms with E-state index >= 15 is 0 Å². The Morgan fingerprint density at radius 2 is 1.73 bits per heavy atom. The third kappa shape index (κ3) is 4.98. The van der Waals surface area contributed by atoms with Gasteiger partial charge in [0.25, 0.3) is 0 Å². The summed E-state index contributed by atoms with van der Waals surface area (Å²) in [4.78, 5) is 0. The van der Waals surface area contributed by atoms with Crippen LogP contribution in [0.4, 0.5) is 0 Å². The lowest BCUT2D eigenvalue weighted by Crippen LogP contribution is -2.32. The van der Waals surface area contributed by atoms with Gasteiger partial charge in [0.05, 0.1) is 18.3 Å². The number of hydrogen-bond donors (Lipinski definition) is 1. The molecule has 0 spiro atoms. The third-order valence-electron chi connectivity index (χ3n) is 3.33. The predicted molar refractivity (Wildman–Crippen MR) is 62.8 cm³/mol. The van der Waals surface area contributed by atoms with Gasteiger partial charge in [-0.25, -0.2) is 0 Å². The molecule has 0 amide bonds. The zero-order valence-electron chi connectivity index (χ0n) is 10.6. The molecule has 2 heteroatoms. The Bertz CT molecular complexity index is 173. The van der Waals surface area contributed by atoms with Gasteiger partial charge in [0.2, 0.25) is 0 Å². The molecule has 0 aromatic carbocycles. The molecule has 1 saturated carbocycles. The maximum Gasteiger partial charge on any atom is 0.0824 e. The fourth-order valence-electron chi connectivity index (χ4n) is 2.24. The number of aliphatic hydroxyl groups is 1. The lowest BCUT2D eigenvalue weighted by molar-refractivity contribution is -0.0675. The van der Waals surface area contributed by atoms with E-state index in [1.54, 1.807) is 13.8 Å². The molecule has 0 atom stereocenters. The standard InChI is InChI=1S/C13H26O2/c1-10(2)11-5-7-12(8-6-11)15-9-13(3,4)14/h10-12,14H,5-9H2,1-4H3/t11-,12-. The summed E-state index contributed by atoms with van der Waals surface area (Å²) in [6.07, 6.45) is 5.28. The van der Waals surface area contributed by atoms with E-state index in [-0.39, 0.29) is 0 Å². The van der Waals surface area contributed by atoms with E-state index < -0.39 is 5.60 Å². The highest BCUT2D eigenvalue weighted by molar-refractivity contribution is 4.75. The van der Waals surface area contributed by atoms with Gasteiger partial charge in [0.15, 0.2) is 0 Å². The zero-order valence-corrected chi connectivity index (χ0v) is 10.6. The van der Waals surface area contributed by atoms with Crippen LogP contribution in [-0.4, -0.2) is 23.4 Å². The Balaban J connectivity index is 2.20. The third-order valence-corrected chi connectivity index (χ3v) is 3.33. The van der Waals surface area contributed by atoms with Crippen molar-refractivity contribution in [2.75, 3.05) is 6.61 Å². The van der Waals surface area contributed by atoms with E-state index in [9.17, 15) is 5.11 Å². The summed E-state index contributed by atoms with van der Waals surface area (Å²) in [5.74, 6) is 1.69. The zero-order chi connectivity index (χ0) is 11.5. The van der Waals surface area contributed by atoms with Gasteiger partial charge in [0.1, 0.15) is 0 Å². The van der Waals surface area contributed by atoms with Gasteiger partial charge < -0.3 is 9.84 Å². The van der Waals surface area contributed by atoms with Gasteiger partial charge in [-0.15, -0.1) is 0 Å². The van der Waals surface area contributed by atoms with Gasteiger partial charge in [-0.05, 0) is 51.4 Å². The Labute approximate surface area is 94.0 Å². The molecular weight excluding hydrogens is 188 g/mol. The largest absolute Gasteiger partial charge is 0.388 e. The molecule has 0 aromatic heterocycles. The molecular formula is C13H26O2. The van der Waals surface area contributed by atoms with Crippen molar-refractivity contribution in [1.29, 1.82) is 0 Å². The smallest absolute Gasteiger partial charge is 0.0824 e. The summed E-state index contributed by atoms with van der Waals surface area (Å²) >= 11 is 0. The molecule has 2 nitrogen and oxygen atoms in total. The quantitative estimate of drug-likeness (QED) is 0.779. The molecule has 0 heterocycles. The fraction of sp³-hybridized carbons (Fsp3) is 1.00. The van der Waals surface area contributed by atoms with Crippen LogP contribution >= 0.6 is 0 Å². The number of ether oxygens (including phenoxy) is 1. The van der Waals surface area contributed by atoms with E-state index in [2.05, 4.69) is 13.8 Å². The highest BCUT2D eigenvalue weighted by Crippen LogP contribution is 2.31. The summed E-state index contributed by atoms with van der Waals surface area (Å²) < 4.78 is 5.73. The normalized spacial score (nSPS) is 28.4. The Morgan fingerprint density at radius 3 is 2.13 bits per heavy atom.